The molecule has 0 spiro atoms. The van der Waals surface area contributed by atoms with Crippen molar-refractivity contribution in [2.45, 2.75) is 38.4 Å². The molecule has 22 heavy (non-hydrogen) atoms. The number of carbonyl (C=O) groups is 1. The number of thioether (sulfide) groups is 1. The third-order valence-electron chi connectivity index (χ3n) is 3.40. The van der Waals surface area contributed by atoms with Crippen molar-refractivity contribution >= 4 is 17.5 Å². The molecular formula is C16H20N4OS. The second-order valence-electron chi connectivity index (χ2n) is 4.84. The third-order valence-corrected chi connectivity index (χ3v) is 4.35. The van der Waals surface area contributed by atoms with Crippen LogP contribution in [-0.4, -0.2) is 31.7 Å². The maximum absolute atomic E-state index is 12.5. The van der Waals surface area contributed by atoms with E-state index in [4.69, 9.17) is 0 Å². The van der Waals surface area contributed by atoms with E-state index >= 15 is 0 Å². The molecule has 0 saturated carbocycles. The standard InChI is InChI=1S/C16H20N4OS/c1-4-9-20-16(17-18-19-20)22-11-15(21)14-10-12(5-2)7-8-13(14)6-3/h4,7-8,10H,1,5-6,9,11H2,2-3H3. The van der Waals surface area contributed by atoms with Gasteiger partial charge in [-0.05, 0) is 40.5 Å². The summed E-state index contributed by atoms with van der Waals surface area (Å²) in [7, 11) is 0. The Morgan fingerprint density at radius 2 is 2.18 bits per heavy atom. The maximum atomic E-state index is 12.5. The molecular weight excluding hydrogens is 296 g/mol. The first kappa shape index (κ1) is 16.4. The van der Waals surface area contributed by atoms with Gasteiger partial charge in [0.25, 0.3) is 0 Å². The van der Waals surface area contributed by atoms with E-state index < -0.39 is 0 Å². The minimum absolute atomic E-state index is 0.116. The van der Waals surface area contributed by atoms with Crippen LogP contribution in [0.3, 0.4) is 0 Å². The zero-order chi connectivity index (χ0) is 15.9. The molecule has 1 heterocycles. The molecule has 0 bridgehead atoms. The fourth-order valence-electron chi connectivity index (χ4n) is 2.16. The van der Waals surface area contributed by atoms with Crippen LogP contribution >= 0.6 is 11.8 Å². The number of aryl methyl sites for hydroxylation is 2. The van der Waals surface area contributed by atoms with E-state index in [9.17, 15) is 4.79 Å². The molecule has 5 nitrogen and oxygen atoms in total. The van der Waals surface area contributed by atoms with Gasteiger partial charge >= 0.3 is 0 Å². The summed E-state index contributed by atoms with van der Waals surface area (Å²) in [6.07, 6.45) is 3.50. The lowest BCUT2D eigenvalue weighted by Gasteiger charge is -2.09. The molecule has 0 radical (unpaired) electrons. The van der Waals surface area contributed by atoms with Crippen LogP contribution in [-0.2, 0) is 19.4 Å². The number of carbonyl (C=O) groups excluding carboxylic acids is 1. The Hall–Kier alpha value is -1.95. The van der Waals surface area contributed by atoms with Crippen molar-refractivity contribution in [3.63, 3.8) is 0 Å². The van der Waals surface area contributed by atoms with Crippen LogP contribution in [0.25, 0.3) is 0 Å². The molecule has 0 aliphatic rings. The van der Waals surface area contributed by atoms with E-state index in [1.807, 2.05) is 6.07 Å². The van der Waals surface area contributed by atoms with E-state index in [1.54, 1.807) is 10.8 Å². The number of Topliss-reactive ketones (excluding diaryl/α,β-unsaturated/α-hetero) is 1. The van der Waals surface area contributed by atoms with E-state index in [2.05, 4.69) is 48.1 Å². The Bertz CT molecular complexity index is 666. The summed E-state index contributed by atoms with van der Waals surface area (Å²) in [5, 5.41) is 12.1. The first-order valence-corrected chi connectivity index (χ1v) is 8.33. The minimum Gasteiger partial charge on any atom is -0.293 e. The normalized spacial score (nSPS) is 10.6. The summed E-state index contributed by atoms with van der Waals surface area (Å²) >= 11 is 1.36. The summed E-state index contributed by atoms with van der Waals surface area (Å²) in [6.45, 7) is 8.36. The summed E-state index contributed by atoms with van der Waals surface area (Å²) in [6, 6.07) is 6.15. The van der Waals surface area contributed by atoms with Crippen LogP contribution in [0.5, 0.6) is 0 Å². The van der Waals surface area contributed by atoms with Gasteiger partial charge in [-0.15, -0.1) is 11.7 Å². The molecule has 2 aromatic rings. The quantitative estimate of drug-likeness (QED) is 0.426. The summed E-state index contributed by atoms with van der Waals surface area (Å²) in [5.74, 6) is 0.447. The average Bonchev–Trinajstić information content (AvgIpc) is 2.99. The van der Waals surface area contributed by atoms with E-state index in [1.165, 1.54) is 17.3 Å². The summed E-state index contributed by atoms with van der Waals surface area (Å²) in [4.78, 5) is 12.5. The minimum atomic E-state index is 0.116. The van der Waals surface area contributed by atoms with Gasteiger partial charge in [-0.3, -0.25) is 4.79 Å². The number of allylic oxidation sites excluding steroid dienone is 1. The lowest BCUT2D eigenvalue weighted by Crippen LogP contribution is -2.08. The Labute approximate surface area is 134 Å². The summed E-state index contributed by atoms with van der Waals surface area (Å²) < 4.78 is 1.63. The predicted molar refractivity (Wildman–Crippen MR) is 88.3 cm³/mol. The van der Waals surface area contributed by atoms with E-state index in [0.29, 0.717) is 17.5 Å². The average molecular weight is 316 g/mol. The van der Waals surface area contributed by atoms with Gasteiger partial charge in [0.15, 0.2) is 5.78 Å². The van der Waals surface area contributed by atoms with Crippen LogP contribution < -0.4 is 0 Å². The monoisotopic (exact) mass is 316 g/mol. The predicted octanol–water partition coefficient (Wildman–Crippen LogP) is 2.96. The van der Waals surface area contributed by atoms with Crippen molar-refractivity contribution in [1.29, 1.82) is 0 Å². The number of hydrogen-bond donors (Lipinski definition) is 0. The van der Waals surface area contributed by atoms with Crippen LogP contribution in [0.15, 0.2) is 36.0 Å². The third kappa shape index (κ3) is 3.82. The van der Waals surface area contributed by atoms with Gasteiger partial charge in [-0.25, -0.2) is 4.68 Å². The lowest BCUT2D eigenvalue weighted by atomic mass is 9.98. The van der Waals surface area contributed by atoms with Crippen molar-refractivity contribution in [3.8, 4) is 0 Å². The number of tetrazole rings is 1. The maximum Gasteiger partial charge on any atom is 0.210 e. The molecule has 116 valence electrons. The van der Waals surface area contributed by atoms with Gasteiger partial charge in [0.05, 0.1) is 12.3 Å². The van der Waals surface area contributed by atoms with Crippen molar-refractivity contribution < 1.29 is 4.79 Å². The van der Waals surface area contributed by atoms with Crippen molar-refractivity contribution in [2.24, 2.45) is 0 Å². The zero-order valence-electron chi connectivity index (χ0n) is 13.0. The van der Waals surface area contributed by atoms with Crippen LogP contribution in [0.2, 0.25) is 0 Å². The fraction of sp³-hybridized carbons (Fsp3) is 0.375. The van der Waals surface area contributed by atoms with Gasteiger partial charge in [-0.2, -0.15) is 0 Å². The molecule has 0 atom stereocenters. The molecule has 0 aliphatic heterocycles. The Balaban J connectivity index is 2.11. The van der Waals surface area contributed by atoms with Crippen molar-refractivity contribution in [3.05, 3.63) is 47.5 Å². The van der Waals surface area contributed by atoms with Crippen LogP contribution in [0.4, 0.5) is 0 Å². The number of nitrogens with zero attached hydrogens (tertiary/aromatic N) is 4. The van der Waals surface area contributed by atoms with E-state index in [0.717, 1.165) is 24.0 Å². The van der Waals surface area contributed by atoms with E-state index in [-0.39, 0.29) is 5.78 Å². The first-order chi connectivity index (χ1) is 10.7. The van der Waals surface area contributed by atoms with Gasteiger partial charge < -0.3 is 0 Å². The SMILES string of the molecule is C=CCn1nnnc1SCC(=O)c1cc(CC)ccc1CC. The number of rotatable bonds is 8. The molecule has 0 N–H and O–H groups in total. The van der Waals surface area contributed by atoms with Crippen LogP contribution in [0.1, 0.15) is 35.3 Å². The summed E-state index contributed by atoms with van der Waals surface area (Å²) in [5.41, 5.74) is 3.09. The zero-order valence-corrected chi connectivity index (χ0v) is 13.8. The van der Waals surface area contributed by atoms with Gasteiger partial charge in [-0.1, -0.05) is 43.8 Å². The molecule has 0 saturated heterocycles. The molecule has 1 aromatic heterocycles. The number of ketones is 1. The second kappa shape index (κ2) is 7.89. The second-order valence-corrected chi connectivity index (χ2v) is 5.79. The Kier molecular flexibility index (Phi) is 5.89. The molecule has 0 aliphatic carbocycles. The molecule has 0 fully saturated rings. The molecule has 1 aromatic carbocycles. The smallest absolute Gasteiger partial charge is 0.210 e. The highest BCUT2D eigenvalue weighted by Gasteiger charge is 2.14. The number of aromatic nitrogens is 4. The highest BCUT2D eigenvalue weighted by atomic mass is 32.2. The Morgan fingerprint density at radius 1 is 1.36 bits per heavy atom. The molecule has 6 heteroatoms. The van der Waals surface area contributed by atoms with Gasteiger partial charge in [0.2, 0.25) is 5.16 Å². The number of hydrogen-bond acceptors (Lipinski definition) is 5. The largest absolute Gasteiger partial charge is 0.293 e. The van der Waals surface area contributed by atoms with Crippen LogP contribution in [0, 0.1) is 0 Å². The molecule has 2 rings (SSSR count). The molecule has 0 unspecified atom stereocenters. The fourth-order valence-corrected chi connectivity index (χ4v) is 2.93. The highest BCUT2D eigenvalue weighted by molar-refractivity contribution is 7.99. The van der Waals surface area contributed by atoms with Gasteiger partial charge in [0.1, 0.15) is 0 Å². The van der Waals surface area contributed by atoms with Gasteiger partial charge in [0, 0.05) is 5.56 Å². The lowest BCUT2D eigenvalue weighted by molar-refractivity contribution is 0.102. The Morgan fingerprint density at radius 3 is 2.86 bits per heavy atom. The topological polar surface area (TPSA) is 60.7 Å². The number of benzene rings is 1. The van der Waals surface area contributed by atoms with Crippen molar-refractivity contribution in [1.82, 2.24) is 20.2 Å². The first-order valence-electron chi connectivity index (χ1n) is 7.34. The highest BCUT2D eigenvalue weighted by Crippen LogP contribution is 2.19. The van der Waals surface area contributed by atoms with Crippen molar-refractivity contribution in [2.75, 3.05) is 5.75 Å². The molecule has 0 amide bonds.